The fraction of sp³-hybridized carbons (Fsp3) is 0.0556. The molecule has 1 amide bonds. The highest BCUT2D eigenvalue weighted by Gasteiger charge is 2.08. The second-order valence-corrected chi connectivity index (χ2v) is 5.11. The van der Waals surface area contributed by atoms with Crippen molar-refractivity contribution in [2.45, 2.75) is 6.54 Å². The maximum atomic E-state index is 12.1. The average molecular weight is 330 g/mol. The molecule has 0 bridgehead atoms. The summed E-state index contributed by atoms with van der Waals surface area (Å²) in [5, 5.41) is 14.9. The molecule has 0 aliphatic heterocycles. The Morgan fingerprint density at radius 2 is 1.88 bits per heavy atom. The van der Waals surface area contributed by atoms with Crippen LogP contribution in [0.3, 0.4) is 0 Å². The summed E-state index contributed by atoms with van der Waals surface area (Å²) in [6.45, 7) is 0.387. The van der Waals surface area contributed by atoms with E-state index in [2.05, 4.69) is 31.7 Å². The number of nitrogens with one attached hydrogen (secondary N) is 2. The molecule has 7 nitrogen and oxygen atoms in total. The normalized spacial score (nSPS) is 9.88. The largest absolute Gasteiger partial charge is 0.347 e. The summed E-state index contributed by atoms with van der Waals surface area (Å²) in [4.78, 5) is 24.3. The van der Waals surface area contributed by atoms with Gasteiger partial charge < -0.3 is 10.6 Å². The van der Waals surface area contributed by atoms with Gasteiger partial charge in [-0.15, -0.1) is 0 Å². The number of amides is 1. The van der Waals surface area contributed by atoms with Gasteiger partial charge in [0.2, 0.25) is 0 Å². The molecule has 122 valence electrons. The van der Waals surface area contributed by atoms with Crippen LogP contribution in [-0.4, -0.2) is 20.9 Å². The fourth-order valence-electron chi connectivity index (χ4n) is 2.11. The van der Waals surface area contributed by atoms with Crippen LogP contribution in [0.15, 0.2) is 61.2 Å². The molecular weight excluding hydrogens is 316 g/mol. The quantitative estimate of drug-likeness (QED) is 0.744. The predicted octanol–water partition coefficient (Wildman–Crippen LogP) is 2.42. The Kier molecular flexibility index (Phi) is 4.93. The van der Waals surface area contributed by atoms with E-state index in [1.807, 2.05) is 18.2 Å². The molecule has 0 atom stereocenters. The van der Waals surface area contributed by atoms with E-state index < -0.39 is 0 Å². The minimum absolute atomic E-state index is 0.216. The number of nitriles is 1. The lowest BCUT2D eigenvalue weighted by Crippen LogP contribution is -2.24. The van der Waals surface area contributed by atoms with Crippen molar-refractivity contribution in [3.05, 3.63) is 78.0 Å². The fourth-order valence-corrected chi connectivity index (χ4v) is 2.11. The molecule has 25 heavy (non-hydrogen) atoms. The molecule has 0 saturated carbocycles. The van der Waals surface area contributed by atoms with Crippen LogP contribution in [-0.2, 0) is 6.54 Å². The van der Waals surface area contributed by atoms with E-state index >= 15 is 0 Å². The van der Waals surface area contributed by atoms with Gasteiger partial charge in [-0.05, 0) is 29.8 Å². The van der Waals surface area contributed by atoms with Gasteiger partial charge in [-0.1, -0.05) is 12.1 Å². The molecule has 0 saturated heterocycles. The van der Waals surface area contributed by atoms with Gasteiger partial charge in [0, 0.05) is 18.9 Å². The van der Waals surface area contributed by atoms with E-state index in [4.69, 9.17) is 5.26 Å². The van der Waals surface area contributed by atoms with Gasteiger partial charge in [-0.3, -0.25) is 9.78 Å². The second-order valence-electron chi connectivity index (χ2n) is 5.11. The average Bonchev–Trinajstić information content (AvgIpc) is 2.68. The topological polar surface area (TPSA) is 104 Å². The zero-order valence-corrected chi connectivity index (χ0v) is 13.2. The molecule has 0 spiro atoms. The Hall–Kier alpha value is -3.79. The Bertz CT molecular complexity index is 903. The third-order valence-electron chi connectivity index (χ3n) is 3.40. The Morgan fingerprint density at radius 1 is 1.08 bits per heavy atom. The summed E-state index contributed by atoms with van der Waals surface area (Å²) in [5.74, 6) is 0.140. The summed E-state index contributed by atoms with van der Waals surface area (Å²) >= 11 is 0. The standard InChI is InChI=1S/C18H14N6O/c19-9-14-3-1-2-4-15(14)24-17-12-21-16(11-22-17)18(25)23-10-13-5-7-20-8-6-13/h1-8,11-12H,10H2,(H,22,24)(H,23,25). The van der Waals surface area contributed by atoms with E-state index in [9.17, 15) is 4.79 Å². The number of hydrogen-bond acceptors (Lipinski definition) is 6. The zero-order chi connectivity index (χ0) is 17.5. The number of anilines is 2. The van der Waals surface area contributed by atoms with Gasteiger partial charge in [-0.25, -0.2) is 9.97 Å². The molecular formula is C18H14N6O. The maximum Gasteiger partial charge on any atom is 0.271 e. The third kappa shape index (κ3) is 4.14. The SMILES string of the molecule is N#Cc1ccccc1Nc1cnc(C(=O)NCc2ccncc2)cn1. The Morgan fingerprint density at radius 3 is 2.60 bits per heavy atom. The first kappa shape index (κ1) is 16.1. The number of para-hydroxylation sites is 1. The lowest BCUT2D eigenvalue weighted by molar-refractivity contribution is 0.0945. The van der Waals surface area contributed by atoms with Gasteiger partial charge in [-0.2, -0.15) is 5.26 Å². The first-order valence-corrected chi connectivity index (χ1v) is 7.51. The minimum Gasteiger partial charge on any atom is -0.347 e. The molecule has 0 unspecified atom stereocenters. The van der Waals surface area contributed by atoms with Crippen LogP contribution in [0.2, 0.25) is 0 Å². The monoisotopic (exact) mass is 330 g/mol. The van der Waals surface area contributed by atoms with Crippen LogP contribution in [0.25, 0.3) is 0 Å². The van der Waals surface area contributed by atoms with Gasteiger partial charge in [0.05, 0.1) is 23.6 Å². The number of hydrogen-bond donors (Lipinski definition) is 2. The smallest absolute Gasteiger partial charge is 0.271 e. The molecule has 1 aromatic carbocycles. The lowest BCUT2D eigenvalue weighted by atomic mass is 10.2. The number of carbonyl (C=O) groups is 1. The highest BCUT2D eigenvalue weighted by Crippen LogP contribution is 2.18. The number of aromatic nitrogens is 3. The van der Waals surface area contributed by atoms with E-state index in [-0.39, 0.29) is 11.6 Å². The number of pyridine rings is 1. The molecule has 3 rings (SSSR count). The third-order valence-corrected chi connectivity index (χ3v) is 3.40. The van der Waals surface area contributed by atoms with Crippen molar-refractivity contribution in [1.29, 1.82) is 5.26 Å². The second kappa shape index (κ2) is 7.66. The van der Waals surface area contributed by atoms with Crippen LogP contribution < -0.4 is 10.6 Å². The summed E-state index contributed by atoms with van der Waals surface area (Å²) in [6.07, 6.45) is 6.18. The van der Waals surface area contributed by atoms with Gasteiger partial charge in [0.1, 0.15) is 17.6 Å². The molecule has 0 aliphatic rings. The van der Waals surface area contributed by atoms with E-state index in [1.165, 1.54) is 12.4 Å². The minimum atomic E-state index is -0.312. The van der Waals surface area contributed by atoms with E-state index in [0.717, 1.165) is 5.56 Å². The zero-order valence-electron chi connectivity index (χ0n) is 13.2. The molecule has 2 heterocycles. The Balaban J connectivity index is 1.64. The van der Waals surface area contributed by atoms with Crippen molar-refractivity contribution < 1.29 is 4.79 Å². The molecule has 3 aromatic rings. The van der Waals surface area contributed by atoms with Crippen molar-refractivity contribution in [3.8, 4) is 6.07 Å². The number of rotatable bonds is 5. The van der Waals surface area contributed by atoms with Gasteiger partial charge in [0.25, 0.3) is 5.91 Å². The molecule has 0 aliphatic carbocycles. The predicted molar refractivity (Wildman–Crippen MR) is 91.9 cm³/mol. The number of nitrogens with zero attached hydrogens (tertiary/aromatic N) is 4. The lowest BCUT2D eigenvalue weighted by Gasteiger charge is -2.08. The molecule has 0 radical (unpaired) electrons. The first-order chi connectivity index (χ1) is 12.3. The summed E-state index contributed by atoms with van der Waals surface area (Å²) in [5.41, 5.74) is 2.30. The van der Waals surface area contributed by atoms with Crippen molar-refractivity contribution >= 4 is 17.4 Å². The summed E-state index contributed by atoms with van der Waals surface area (Å²) in [6, 6.07) is 12.8. The number of carbonyl (C=O) groups excluding carboxylic acids is 1. The van der Waals surface area contributed by atoms with Crippen molar-refractivity contribution in [2.24, 2.45) is 0 Å². The van der Waals surface area contributed by atoms with Crippen molar-refractivity contribution in [1.82, 2.24) is 20.3 Å². The van der Waals surface area contributed by atoms with Crippen LogP contribution in [0.4, 0.5) is 11.5 Å². The molecule has 7 heteroatoms. The Labute approximate surface area is 144 Å². The van der Waals surface area contributed by atoms with Crippen LogP contribution in [0.5, 0.6) is 0 Å². The maximum absolute atomic E-state index is 12.1. The van der Waals surface area contributed by atoms with Crippen molar-refractivity contribution in [2.75, 3.05) is 5.32 Å². The van der Waals surface area contributed by atoms with Gasteiger partial charge in [0.15, 0.2) is 0 Å². The highest BCUT2D eigenvalue weighted by molar-refractivity contribution is 5.92. The van der Waals surface area contributed by atoms with Gasteiger partial charge >= 0.3 is 0 Å². The molecule has 2 N–H and O–H groups in total. The van der Waals surface area contributed by atoms with E-state index in [1.54, 1.807) is 30.6 Å². The van der Waals surface area contributed by atoms with Crippen LogP contribution >= 0.6 is 0 Å². The molecule has 0 fully saturated rings. The molecule has 2 aromatic heterocycles. The van der Waals surface area contributed by atoms with Crippen molar-refractivity contribution in [3.63, 3.8) is 0 Å². The highest BCUT2D eigenvalue weighted by atomic mass is 16.1. The number of benzene rings is 1. The summed E-state index contributed by atoms with van der Waals surface area (Å²) in [7, 11) is 0. The van der Waals surface area contributed by atoms with Crippen LogP contribution in [0.1, 0.15) is 21.6 Å². The van der Waals surface area contributed by atoms with Crippen LogP contribution in [0, 0.1) is 11.3 Å². The van der Waals surface area contributed by atoms with E-state index in [0.29, 0.717) is 23.6 Å². The first-order valence-electron chi connectivity index (χ1n) is 7.51. The summed E-state index contributed by atoms with van der Waals surface area (Å²) < 4.78 is 0.